The summed E-state index contributed by atoms with van der Waals surface area (Å²) in [6.07, 6.45) is 4.56. The van der Waals surface area contributed by atoms with Gasteiger partial charge >= 0.3 is 6.09 Å². The Morgan fingerprint density at radius 3 is 2.40 bits per heavy atom. The highest BCUT2D eigenvalue weighted by molar-refractivity contribution is 9.10. The number of carbonyl (C=O) groups is 1. The number of aromatic nitrogens is 2. The maximum atomic E-state index is 13.8. The van der Waals surface area contributed by atoms with Gasteiger partial charge in [0.1, 0.15) is 5.82 Å². The van der Waals surface area contributed by atoms with Crippen LogP contribution in [0.3, 0.4) is 0 Å². The van der Waals surface area contributed by atoms with Gasteiger partial charge in [0.25, 0.3) is 0 Å². The molecule has 1 heterocycles. The Morgan fingerprint density at radius 2 is 1.74 bits per heavy atom. The lowest BCUT2D eigenvalue weighted by Crippen LogP contribution is -2.45. The summed E-state index contributed by atoms with van der Waals surface area (Å²) in [5.41, 5.74) is 5.17. The molecule has 1 saturated carbocycles. The third-order valence-electron chi connectivity index (χ3n) is 7.46. The normalized spacial score (nSPS) is 15.8. The van der Waals surface area contributed by atoms with Crippen molar-refractivity contribution >= 4 is 32.9 Å². The molecule has 0 radical (unpaired) electrons. The number of hydrogen-bond acceptors (Lipinski definition) is 4. The first-order valence-corrected chi connectivity index (χ1v) is 12.9. The van der Waals surface area contributed by atoms with Crippen LogP contribution in [0.4, 0.5) is 4.79 Å². The summed E-state index contributed by atoms with van der Waals surface area (Å²) in [5.74, 6) is 1.09. The van der Waals surface area contributed by atoms with Crippen LogP contribution in [-0.4, -0.2) is 27.0 Å². The van der Waals surface area contributed by atoms with Crippen molar-refractivity contribution in [2.24, 2.45) is 5.92 Å². The summed E-state index contributed by atoms with van der Waals surface area (Å²) < 4.78 is 7.23. The van der Waals surface area contributed by atoms with Gasteiger partial charge in [-0.1, -0.05) is 76.9 Å². The summed E-state index contributed by atoms with van der Waals surface area (Å²) in [4.78, 5) is 24.9. The van der Waals surface area contributed by atoms with E-state index in [1.807, 2.05) is 53.6 Å². The van der Waals surface area contributed by atoms with Crippen LogP contribution in [0.5, 0.6) is 0 Å². The molecule has 1 amide bonds. The van der Waals surface area contributed by atoms with Gasteiger partial charge < -0.3 is 4.74 Å². The maximum absolute atomic E-state index is 13.8. The molecule has 0 bridgehead atoms. The minimum absolute atomic E-state index is 0.0462. The van der Waals surface area contributed by atoms with Crippen molar-refractivity contribution in [3.8, 4) is 11.1 Å². The van der Waals surface area contributed by atoms with Crippen LogP contribution in [0, 0.1) is 5.92 Å². The predicted molar refractivity (Wildman–Crippen MR) is 140 cm³/mol. The van der Waals surface area contributed by atoms with E-state index in [0.29, 0.717) is 18.3 Å². The van der Waals surface area contributed by atoms with E-state index in [1.165, 1.54) is 6.42 Å². The number of carbonyl (C=O) groups excluding carboxylic acids is 1. The Bertz CT molecular complexity index is 1370. The van der Waals surface area contributed by atoms with Gasteiger partial charge in [0, 0.05) is 33.2 Å². The summed E-state index contributed by atoms with van der Waals surface area (Å²) in [5, 5.41) is 0.970. The molecule has 0 N–H and O–H groups in total. The third kappa shape index (κ3) is 4.10. The van der Waals surface area contributed by atoms with Crippen molar-refractivity contribution in [2.75, 3.05) is 0 Å². The molecule has 4 aromatic rings. The first-order valence-electron chi connectivity index (χ1n) is 12.1. The number of hydrogen-bond donors (Lipinski definition) is 0. The van der Waals surface area contributed by atoms with Gasteiger partial charge in [-0.05, 0) is 48.9 Å². The Kier molecular flexibility index (Phi) is 5.77. The SMILES string of the molecule is CC(C1CCC1)N(Cc1ncc2ccc(Br)cc2n1)C(=O)OC1c2ccccc2-c2ccccc21. The van der Waals surface area contributed by atoms with Crippen molar-refractivity contribution in [1.29, 1.82) is 0 Å². The molecule has 2 aliphatic rings. The van der Waals surface area contributed by atoms with E-state index >= 15 is 0 Å². The number of ether oxygens (including phenoxy) is 1. The quantitative estimate of drug-likeness (QED) is 0.273. The van der Waals surface area contributed by atoms with Crippen molar-refractivity contribution in [1.82, 2.24) is 14.9 Å². The number of amides is 1. The largest absolute Gasteiger partial charge is 0.436 e. The van der Waals surface area contributed by atoms with Crippen LogP contribution in [0.1, 0.15) is 49.2 Å². The van der Waals surface area contributed by atoms with Gasteiger partial charge in [-0.25, -0.2) is 14.8 Å². The van der Waals surface area contributed by atoms with Gasteiger partial charge in [0.2, 0.25) is 0 Å². The molecular weight excluding hydrogens is 502 g/mol. The molecule has 1 fully saturated rings. The van der Waals surface area contributed by atoms with E-state index in [1.54, 1.807) is 0 Å². The van der Waals surface area contributed by atoms with Crippen LogP contribution in [-0.2, 0) is 11.3 Å². The Hall–Kier alpha value is -3.25. The summed E-state index contributed by atoms with van der Waals surface area (Å²) in [7, 11) is 0. The van der Waals surface area contributed by atoms with Gasteiger partial charge in [0.15, 0.2) is 6.10 Å². The van der Waals surface area contributed by atoms with Crippen LogP contribution in [0.2, 0.25) is 0 Å². The van der Waals surface area contributed by atoms with Crippen LogP contribution >= 0.6 is 15.9 Å². The molecule has 176 valence electrons. The molecule has 0 aliphatic heterocycles. The third-order valence-corrected chi connectivity index (χ3v) is 7.95. The second kappa shape index (κ2) is 9.08. The zero-order chi connectivity index (χ0) is 23.9. The summed E-state index contributed by atoms with van der Waals surface area (Å²) in [6.45, 7) is 2.44. The highest BCUT2D eigenvalue weighted by Gasteiger charge is 2.36. The Morgan fingerprint density at radius 1 is 1.06 bits per heavy atom. The summed E-state index contributed by atoms with van der Waals surface area (Å²) in [6, 6.07) is 22.3. The molecule has 0 spiro atoms. The zero-order valence-corrected chi connectivity index (χ0v) is 21.1. The van der Waals surface area contributed by atoms with Crippen LogP contribution in [0.25, 0.3) is 22.0 Å². The standard InChI is InChI=1S/C29H26BrN3O2/c1-18(19-7-6-8-19)33(17-27-31-16-20-13-14-21(30)15-26(20)32-27)29(34)35-28-24-11-4-2-9-22(24)23-10-3-5-12-25(23)28/h2-5,9-16,18-19,28H,6-8,17H2,1H3. The lowest BCUT2D eigenvalue weighted by atomic mass is 9.80. The fraction of sp³-hybridized carbons (Fsp3) is 0.276. The first kappa shape index (κ1) is 22.2. The monoisotopic (exact) mass is 527 g/mol. The molecule has 3 aromatic carbocycles. The van der Waals surface area contributed by atoms with E-state index in [0.717, 1.165) is 50.5 Å². The van der Waals surface area contributed by atoms with Crippen molar-refractivity contribution in [3.63, 3.8) is 0 Å². The average molecular weight is 528 g/mol. The van der Waals surface area contributed by atoms with Crippen molar-refractivity contribution < 1.29 is 9.53 Å². The van der Waals surface area contributed by atoms with Gasteiger partial charge in [-0.2, -0.15) is 0 Å². The van der Waals surface area contributed by atoms with Crippen molar-refractivity contribution in [3.05, 3.63) is 94.4 Å². The Balaban J connectivity index is 1.31. The van der Waals surface area contributed by atoms with E-state index in [2.05, 4.69) is 52.1 Å². The lowest BCUT2D eigenvalue weighted by molar-refractivity contribution is 0.0416. The lowest BCUT2D eigenvalue weighted by Gasteiger charge is -2.38. The molecular formula is C29H26BrN3O2. The molecule has 6 heteroatoms. The first-order chi connectivity index (χ1) is 17.1. The molecule has 6 rings (SSSR count). The number of nitrogens with zero attached hydrogens (tertiary/aromatic N) is 3. The van der Waals surface area contributed by atoms with E-state index in [4.69, 9.17) is 9.72 Å². The van der Waals surface area contributed by atoms with Crippen molar-refractivity contribution in [2.45, 2.75) is 44.9 Å². The van der Waals surface area contributed by atoms with E-state index in [-0.39, 0.29) is 12.1 Å². The highest BCUT2D eigenvalue weighted by atomic mass is 79.9. The number of rotatable bonds is 5. The molecule has 2 aliphatic carbocycles. The zero-order valence-electron chi connectivity index (χ0n) is 19.5. The maximum Gasteiger partial charge on any atom is 0.411 e. The number of benzene rings is 3. The van der Waals surface area contributed by atoms with Gasteiger partial charge in [-0.3, -0.25) is 4.90 Å². The molecule has 5 nitrogen and oxygen atoms in total. The predicted octanol–water partition coefficient (Wildman–Crippen LogP) is 7.29. The smallest absolute Gasteiger partial charge is 0.411 e. The number of fused-ring (bicyclic) bond motifs is 4. The molecule has 35 heavy (non-hydrogen) atoms. The molecule has 1 atom stereocenters. The summed E-state index contributed by atoms with van der Waals surface area (Å²) >= 11 is 3.52. The number of halogens is 1. The minimum Gasteiger partial charge on any atom is -0.436 e. The van der Waals surface area contributed by atoms with E-state index in [9.17, 15) is 4.79 Å². The second-order valence-corrected chi connectivity index (χ2v) is 10.4. The Labute approximate surface area is 213 Å². The second-order valence-electron chi connectivity index (χ2n) is 9.49. The van der Waals surface area contributed by atoms with E-state index < -0.39 is 6.10 Å². The highest BCUT2D eigenvalue weighted by Crippen LogP contribution is 2.45. The van der Waals surface area contributed by atoms with Crippen LogP contribution < -0.4 is 0 Å². The molecule has 0 saturated heterocycles. The van der Waals surface area contributed by atoms with Gasteiger partial charge in [0.05, 0.1) is 12.1 Å². The van der Waals surface area contributed by atoms with Crippen LogP contribution in [0.15, 0.2) is 77.4 Å². The molecule has 1 unspecified atom stereocenters. The fourth-order valence-corrected chi connectivity index (χ4v) is 5.57. The molecule has 1 aromatic heterocycles. The average Bonchev–Trinajstić information content (AvgIpc) is 3.15. The minimum atomic E-state index is -0.417. The fourth-order valence-electron chi connectivity index (χ4n) is 5.22. The van der Waals surface area contributed by atoms with Gasteiger partial charge in [-0.15, -0.1) is 0 Å². The topological polar surface area (TPSA) is 55.3 Å².